The van der Waals surface area contributed by atoms with Crippen LogP contribution in [0.4, 0.5) is 10.2 Å². The molecule has 5 nitrogen and oxygen atoms in total. The molecule has 2 aromatic rings. The van der Waals surface area contributed by atoms with Crippen LogP contribution in [0.5, 0.6) is 0 Å². The number of nitrogens with one attached hydrogen (secondary N) is 2. The number of aromatic amines is 1. The van der Waals surface area contributed by atoms with E-state index in [0.29, 0.717) is 40.5 Å². The number of aromatic nitrogens is 2. The fourth-order valence-electron chi connectivity index (χ4n) is 4.09. The number of hydrogen-bond donors (Lipinski definition) is 2. The van der Waals surface area contributed by atoms with Crippen molar-refractivity contribution in [2.75, 3.05) is 11.1 Å². The number of anilines is 1. The topological polar surface area (TPSA) is 74.8 Å². The van der Waals surface area contributed by atoms with Crippen LogP contribution in [0, 0.1) is 11.2 Å². The lowest BCUT2D eigenvalue weighted by molar-refractivity contribution is -0.118. The van der Waals surface area contributed by atoms with Crippen molar-refractivity contribution in [1.82, 2.24) is 9.97 Å². The second-order valence-electron chi connectivity index (χ2n) is 8.01. The Morgan fingerprint density at radius 3 is 2.61 bits per heavy atom. The highest BCUT2D eigenvalue weighted by Gasteiger charge is 2.42. The van der Waals surface area contributed by atoms with E-state index in [1.54, 1.807) is 12.1 Å². The lowest BCUT2D eigenvalue weighted by Gasteiger charge is -2.38. The first-order valence-electron chi connectivity index (χ1n) is 9.35. The van der Waals surface area contributed by atoms with Gasteiger partial charge in [-0.15, -0.1) is 0 Å². The fraction of sp³-hybridized carbons (Fsp3) is 0.381. The molecule has 1 atom stereocenters. The Hall–Kier alpha value is -2.41. The summed E-state index contributed by atoms with van der Waals surface area (Å²) in [5.74, 6) is 0.378. The zero-order valence-electron chi connectivity index (χ0n) is 16.1. The van der Waals surface area contributed by atoms with Crippen molar-refractivity contribution in [3.8, 4) is 0 Å². The number of fused-ring (bicyclic) bond motifs is 1. The molecule has 2 N–H and O–H groups in total. The minimum absolute atomic E-state index is 0.0186. The number of nitrogens with zero attached hydrogens (tertiary/aromatic N) is 1. The number of rotatable bonds is 3. The number of Topliss-reactive ketones (excluding diaryl/α,β-unsaturated/α-hetero) is 1. The molecule has 1 aromatic heterocycles. The van der Waals surface area contributed by atoms with Crippen LogP contribution in [-0.2, 0) is 4.79 Å². The Morgan fingerprint density at radius 1 is 1.21 bits per heavy atom. The van der Waals surface area contributed by atoms with Crippen LogP contribution in [-0.4, -0.2) is 21.5 Å². The van der Waals surface area contributed by atoms with Crippen LogP contribution in [0.25, 0.3) is 0 Å². The lowest BCUT2D eigenvalue weighted by atomic mass is 9.69. The van der Waals surface area contributed by atoms with E-state index in [-0.39, 0.29) is 22.6 Å². The average Bonchev–Trinajstić information content (AvgIpc) is 2.60. The predicted molar refractivity (Wildman–Crippen MR) is 108 cm³/mol. The minimum atomic E-state index is -0.549. The summed E-state index contributed by atoms with van der Waals surface area (Å²) in [6.07, 6.45) is 1.10. The minimum Gasteiger partial charge on any atom is -0.343 e. The SMILES string of the molecule is CCSc1nc2c(c(=O)[nH]1)C(c1ccc(F)cc1)C1=C(CC(C)(C)CC1=O)N2. The molecule has 2 heterocycles. The van der Waals surface area contributed by atoms with Crippen molar-refractivity contribution in [2.24, 2.45) is 5.41 Å². The molecular weight excluding hydrogens is 377 g/mol. The van der Waals surface area contributed by atoms with E-state index in [1.165, 1.54) is 23.9 Å². The normalized spacial score (nSPS) is 20.4. The average molecular weight is 399 g/mol. The summed E-state index contributed by atoms with van der Waals surface area (Å²) in [6, 6.07) is 6.00. The van der Waals surface area contributed by atoms with Crippen molar-refractivity contribution >= 4 is 23.4 Å². The third-order valence-corrected chi connectivity index (χ3v) is 5.94. The van der Waals surface area contributed by atoms with E-state index in [4.69, 9.17) is 0 Å². The van der Waals surface area contributed by atoms with E-state index in [0.717, 1.165) is 11.4 Å². The Morgan fingerprint density at radius 2 is 1.93 bits per heavy atom. The molecule has 0 bridgehead atoms. The lowest BCUT2D eigenvalue weighted by Crippen LogP contribution is -2.37. The monoisotopic (exact) mass is 399 g/mol. The van der Waals surface area contributed by atoms with E-state index in [2.05, 4.69) is 29.1 Å². The second-order valence-corrected chi connectivity index (χ2v) is 9.26. The Kier molecular flexibility index (Phi) is 4.65. The molecule has 0 radical (unpaired) electrons. The largest absolute Gasteiger partial charge is 0.343 e. The van der Waals surface area contributed by atoms with Gasteiger partial charge in [-0.25, -0.2) is 9.37 Å². The quantitative estimate of drug-likeness (QED) is 0.597. The molecule has 0 fully saturated rings. The van der Waals surface area contributed by atoms with Crippen LogP contribution in [0.3, 0.4) is 0 Å². The van der Waals surface area contributed by atoms with Crippen LogP contribution in [0.15, 0.2) is 45.5 Å². The van der Waals surface area contributed by atoms with Gasteiger partial charge in [-0.05, 0) is 35.3 Å². The maximum absolute atomic E-state index is 13.5. The molecule has 7 heteroatoms. The van der Waals surface area contributed by atoms with Gasteiger partial charge in [0.05, 0.1) is 5.56 Å². The van der Waals surface area contributed by atoms with Gasteiger partial charge in [0, 0.05) is 23.6 Å². The number of allylic oxidation sites excluding steroid dienone is 2. The standard InChI is InChI=1S/C21H22FN3O2S/c1-4-28-20-24-18-17(19(27)25-20)15(11-5-7-12(22)8-6-11)16-13(23-18)9-21(2,3)10-14(16)26/h5-8,15H,4,9-10H2,1-3H3,(H2,23,24,25,27). The molecule has 1 aromatic carbocycles. The third kappa shape index (κ3) is 3.28. The van der Waals surface area contributed by atoms with Crippen molar-refractivity contribution in [3.05, 3.63) is 62.8 Å². The van der Waals surface area contributed by atoms with E-state index < -0.39 is 5.92 Å². The van der Waals surface area contributed by atoms with Crippen molar-refractivity contribution in [3.63, 3.8) is 0 Å². The molecule has 1 aliphatic carbocycles. The Labute approximate surface area is 166 Å². The third-order valence-electron chi connectivity index (χ3n) is 5.18. The van der Waals surface area contributed by atoms with Gasteiger partial charge in [0.15, 0.2) is 10.9 Å². The van der Waals surface area contributed by atoms with Crippen molar-refractivity contribution < 1.29 is 9.18 Å². The molecule has 1 aliphatic heterocycles. The van der Waals surface area contributed by atoms with Gasteiger partial charge in [-0.3, -0.25) is 9.59 Å². The Bertz CT molecular complexity index is 1040. The first kappa shape index (κ1) is 18.9. The molecule has 146 valence electrons. The molecule has 2 aliphatic rings. The van der Waals surface area contributed by atoms with Crippen LogP contribution in [0.2, 0.25) is 0 Å². The van der Waals surface area contributed by atoms with Gasteiger partial charge >= 0.3 is 0 Å². The zero-order valence-corrected chi connectivity index (χ0v) is 16.9. The number of thioether (sulfide) groups is 1. The summed E-state index contributed by atoms with van der Waals surface area (Å²) in [5.41, 5.74) is 2.10. The van der Waals surface area contributed by atoms with Crippen molar-refractivity contribution in [1.29, 1.82) is 0 Å². The summed E-state index contributed by atoms with van der Waals surface area (Å²) < 4.78 is 13.5. The summed E-state index contributed by atoms with van der Waals surface area (Å²) in [7, 11) is 0. The summed E-state index contributed by atoms with van der Waals surface area (Å²) in [4.78, 5) is 33.5. The highest BCUT2D eigenvalue weighted by Crippen LogP contribution is 2.47. The number of carbonyl (C=O) groups excluding carboxylic acids is 1. The number of carbonyl (C=O) groups is 1. The molecule has 0 amide bonds. The molecule has 4 rings (SSSR count). The summed E-state index contributed by atoms with van der Waals surface area (Å²) >= 11 is 1.45. The molecule has 0 spiro atoms. The molecule has 0 saturated carbocycles. The molecular formula is C21H22FN3O2S. The van der Waals surface area contributed by atoms with Gasteiger partial charge in [-0.1, -0.05) is 44.7 Å². The first-order chi connectivity index (χ1) is 13.3. The van der Waals surface area contributed by atoms with Crippen LogP contribution < -0.4 is 10.9 Å². The Balaban J connectivity index is 1.95. The van der Waals surface area contributed by atoms with Gasteiger partial charge in [0.2, 0.25) is 0 Å². The summed E-state index contributed by atoms with van der Waals surface area (Å²) in [5, 5.41) is 3.82. The number of ketones is 1. The molecule has 28 heavy (non-hydrogen) atoms. The van der Waals surface area contributed by atoms with Gasteiger partial charge in [0.25, 0.3) is 5.56 Å². The maximum atomic E-state index is 13.5. The molecule has 0 saturated heterocycles. The first-order valence-corrected chi connectivity index (χ1v) is 10.3. The smallest absolute Gasteiger partial charge is 0.257 e. The predicted octanol–water partition coefficient (Wildman–Crippen LogP) is 4.22. The van der Waals surface area contributed by atoms with E-state index >= 15 is 0 Å². The van der Waals surface area contributed by atoms with Crippen LogP contribution in [0.1, 0.15) is 50.7 Å². The van der Waals surface area contributed by atoms with Gasteiger partial charge in [-0.2, -0.15) is 0 Å². The van der Waals surface area contributed by atoms with E-state index in [1.807, 2.05) is 6.92 Å². The highest BCUT2D eigenvalue weighted by molar-refractivity contribution is 7.99. The van der Waals surface area contributed by atoms with Crippen molar-refractivity contribution in [2.45, 2.75) is 44.7 Å². The number of H-pyrrole nitrogens is 1. The van der Waals surface area contributed by atoms with Gasteiger partial charge in [0.1, 0.15) is 11.6 Å². The fourth-order valence-corrected chi connectivity index (χ4v) is 4.68. The van der Waals surface area contributed by atoms with Gasteiger partial charge < -0.3 is 10.3 Å². The highest BCUT2D eigenvalue weighted by atomic mass is 32.2. The van der Waals surface area contributed by atoms with E-state index in [9.17, 15) is 14.0 Å². The summed E-state index contributed by atoms with van der Waals surface area (Å²) in [6.45, 7) is 6.10. The number of halogens is 1. The van der Waals surface area contributed by atoms with Crippen LogP contribution >= 0.6 is 11.8 Å². The second kappa shape index (κ2) is 6.88. The maximum Gasteiger partial charge on any atom is 0.257 e. The number of benzene rings is 1. The zero-order chi connectivity index (χ0) is 20.1. The number of hydrogen-bond acceptors (Lipinski definition) is 5. The molecule has 1 unspecified atom stereocenters.